The van der Waals surface area contributed by atoms with Gasteiger partial charge in [0.25, 0.3) is 5.69 Å². The molecular formula is C22H21N3O4. The molecule has 0 aliphatic rings. The second kappa shape index (κ2) is 9.36. The second-order valence-corrected chi connectivity index (χ2v) is 6.32. The minimum absolute atomic E-state index is 0.0414. The molecule has 0 heterocycles. The van der Waals surface area contributed by atoms with E-state index in [2.05, 4.69) is 10.5 Å². The van der Waals surface area contributed by atoms with Crippen molar-refractivity contribution in [2.24, 2.45) is 5.10 Å². The average molecular weight is 391 g/mol. The highest BCUT2D eigenvalue weighted by atomic mass is 16.6. The Bertz CT molecular complexity index is 1020. The van der Waals surface area contributed by atoms with E-state index in [9.17, 15) is 10.1 Å². The van der Waals surface area contributed by atoms with Gasteiger partial charge >= 0.3 is 0 Å². The lowest BCUT2D eigenvalue weighted by atomic mass is 10.1. The van der Waals surface area contributed by atoms with Gasteiger partial charge < -0.3 is 9.47 Å². The number of hydrazone groups is 1. The van der Waals surface area contributed by atoms with Crippen molar-refractivity contribution in [3.05, 3.63) is 93.5 Å². The summed E-state index contributed by atoms with van der Waals surface area (Å²) in [5.74, 6) is 1.01. The van der Waals surface area contributed by atoms with Crippen LogP contribution in [-0.2, 0) is 6.61 Å². The molecular weight excluding hydrogens is 370 g/mol. The number of hydrogen-bond donors (Lipinski definition) is 1. The fourth-order valence-electron chi connectivity index (χ4n) is 2.70. The highest BCUT2D eigenvalue weighted by molar-refractivity contribution is 5.81. The fraction of sp³-hybridized carbons (Fsp3) is 0.136. The minimum Gasteiger partial charge on any atom is -0.493 e. The maximum atomic E-state index is 11.3. The SMILES string of the molecule is COc1cc(C=NNc2ccccc2)ccc1OCc1ccc(C)cc1[N+](=O)[O-]. The van der Waals surface area contributed by atoms with E-state index in [4.69, 9.17) is 9.47 Å². The number of nitrogens with zero attached hydrogens (tertiary/aromatic N) is 2. The van der Waals surface area contributed by atoms with Crippen LogP contribution in [0, 0.1) is 17.0 Å². The van der Waals surface area contributed by atoms with Gasteiger partial charge in [0.15, 0.2) is 11.5 Å². The van der Waals surface area contributed by atoms with Crippen LogP contribution in [0.15, 0.2) is 71.8 Å². The van der Waals surface area contributed by atoms with Crippen molar-refractivity contribution in [3.8, 4) is 11.5 Å². The van der Waals surface area contributed by atoms with Crippen molar-refractivity contribution < 1.29 is 14.4 Å². The molecule has 7 nitrogen and oxygen atoms in total. The van der Waals surface area contributed by atoms with Crippen molar-refractivity contribution in [1.82, 2.24) is 0 Å². The molecule has 0 spiro atoms. The third kappa shape index (κ3) is 5.32. The van der Waals surface area contributed by atoms with Crippen LogP contribution >= 0.6 is 0 Å². The molecule has 148 valence electrons. The summed E-state index contributed by atoms with van der Waals surface area (Å²) in [6.07, 6.45) is 1.67. The third-order valence-electron chi connectivity index (χ3n) is 4.19. The van der Waals surface area contributed by atoms with Crippen LogP contribution in [0.2, 0.25) is 0 Å². The molecule has 3 rings (SSSR count). The molecule has 0 fully saturated rings. The normalized spacial score (nSPS) is 10.7. The number of nitro groups is 1. The van der Waals surface area contributed by atoms with Gasteiger partial charge in [-0.15, -0.1) is 0 Å². The van der Waals surface area contributed by atoms with E-state index in [0.29, 0.717) is 17.1 Å². The average Bonchev–Trinajstić information content (AvgIpc) is 2.74. The second-order valence-electron chi connectivity index (χ2n) is 6.32. The minimum atomic E-state index is -0.401. The lowest BCUT2D eigenvalue weighted by Crippen LogP contribution is -2.02. The van der Waals surface area contributed by atoms with Gasteiger partial charge in [-0.2, -0.15) is 5.10 Å². The number of nitrogens with one attached hydrogen (secondary N) is 1. The Morgan fingerprint density at radius 3 is 2.59 bits per heavy atom. The first-order chi connectivity index (χ1) is 14.1. The molecule has 1 N–H and O–H groups in total. The first-order valence-corrected chi connectivity index (χ1v) is 8.95. The molecule has 0 aliphatic heterocycles. The molecule has 0 atom stereocenters. The van der Waals surface area contributed by atoms with E-state index in [0.717, 1.165) is 16.8 Å². The number of anilines is 1. The standard InChI is InChI=1S/C22H21N3O4/c1-16-8-10-18(20(12-16)25(26)27)15-29-21-11-9-17(13-22(21)28-2)14-23-24-19-6-4-3-5-7-19/h3-14,24H,15H2,1-2H3. The number of hydrogen-bond acceptors (Lipinski definition) is 6. The van der Waals surface area contributed by atoms with E-state index < -0.39 is 4.92 Å². The largest absolute Gasteiger partial charge is 0.493 e. The van der Waals surface area contributed by atoms with Crippen molar-refractivity contribution in [2.45, 2.75) is 13.5 Å². The summed E-state index contributed by atoms with van der Waals surface area (Å²) in [4.78, 5) is 10.9. The van der Waals surface area contributed by atoms with Gasteiger partial charge in [-0.25, -0.2) is 0 Å². The summed E-state index contributed by atoms with van der Waals surface area (Å²) in [7, 11) is 1.54. The van der Waals surface area contributed by atoms with Crippen molar-refractivity contribution in [1.29, 1.82) is 0 Å². The number of benzene rings is 3. The highest BCUT2D eigenvalue weighted by Crippen LogP contribution is 2.30. The van der Waals surface area contributed by atoms with Crippen molar-refractivity contribution in [2.75, 3.05) is 12.5 Å². The molecule has 0 saturated heterocycles. The molecule has 3 aromatic rings. The van der Waals surface area contributed by atoms with Gasteiger partial charge in [0.05, 0.1) is 29.5 Å². The Balaban J connectivity index is 1.70. The van der Waals surface area contributed by atoms with Crippen LogP contribution in [0.25, 0.3) is 0 Å². The Labute approximate surface area is 168 Å². The first-order valence-electron chi connectivity index (χ1n) is 8.95. The summed E-state index contributed by atoms with van der Waals surface area (Å²) in [5, 5.41) is 15.5. The van der Waals surface area contributed by atoms with Crippen molar-refractivity contribution in [3.63, 3.8) is 0 Å². The molecule has 3 aromatic carbocycles. The molecule has 29 heavy (non-hydrogen) atoms. The first kappa shape index (κ1) is 19.9. The predicted molar refractivity (Wildman–Crippen MR) is 113 cm³/mol. The quantitative estimate of drug-likeness (QED) is 0.334. The number of aryl methyl sites for hydroxylation is 1. The maximum Gasteiger partial charge on any atom is 0.276 e. The van der Waals surface area contributed by atoms with Crippen LogP contribution in [0.3, 0.4) is 0 Å². The van der Waals surface area contributed by atoms with Crippen LogP contribution < -0.4 is 14.9 Å². The summed E-state index contributed by atoms with van der Waals surface area (Å²) in [5.41, 5.74) is 6.02. The van der Waals surface area contributed by atoms with Gasteiger partial charge in [-0.05, 0) is 54.4 Å². The van der Waals surface area contributed by atoms with Gasteiger partial charge in [0, 0.05) is 6.07 Å². The molecule has 0 aromatic heterocycles. The van der Waals surface area contributed by atoms with Crippen molar-refractivity contribution >= 4 is 17.6 Å². The predicted octanol–water partition coefficient (Wildman–Crippen LogP) is 4.94. The fourth-order valence-corrected chi connectivity index (χ4v) is 2.70. The summed E-state index contributed by atoms with van der Waals surface area (Å²) >= 11 is 0. The molecule has 0 unspecified atom stereocenters. The van der Waals surface area contributed by atoms with E-state index in [1.165, 1.54) is 6.07 Å². The van der Waals surface area contributed by atoms with Crippen LogP contribution in [0.1, 0.15) is 16.7 Å². The van der Waals surface area contributed by atoms with E-state index in [1.807, 2.05) is 49.4 Å². The van der Waals surface area contributed by atoms with Gasteiger partial charge in [-0.3, -0.25) is 15.5 Å². The summed E-state index contributed by atoms with van der Waals surface area (Å²) in [6.45, 7) is 1.88. The highest BCUT2D eigenvalue weighted by Gasteiger charge is 2.15. The van der Waals surface area contributed by atoms with Crippen LogP contribution in [-0.4, -0.2) is 18.2 Å². The molecule has 0 bridgehead atoms. The monoisotopic (exact) mass is 391 g/mol. The lowest BCUT2D eigenvalue weighted by Gasteiger charge is -2.12. The molecule has 0 radical (unpaired) electrons. The van der Waals surface area contributed by atoms with Gasteiger partial charge in [0.1, 0.15) is 6.61 Å². The molecule has 7 heteroatoms. The smallest absolute Gasteiger partial charge is 0.276 e. The summed E-state index contributed by atoms with van der Waals surface area (Å²) in [6, 6.07) is 20.0. The molecule has 0 aliphatic carbocycles. The van der Waals surface area contributed by atoms with Gasteiger partial charge in [0.2, 0.25) is 0 Å². The van der Waals surface area contributed by atoms with E-state index in [-0.39, 0.29) is 12.3 Å². The molecule has 0 amide bonds. The number of rotatable bonds is 8. The third-order valence-corrected chi connectivity index (χ3v) is 4.19. The van der Waals surface area contributed by atoms with E-state index >= 15 is 0 Å². The zero-order valence-electron chi connectivity index (χ0n) is 16.2. The Morgan fingerprint density at radius 2 is 1.86 bits per heavy atom. The van der Waals surface area contributed by atoms with Crippen LogP contribution in [0.5, 0.6) is 11.5 Å². The maximum absolute atomic E-state index is 11.3. The van der Waals surface area contributed by atoms with Gasteiger partial charge in [-0.1, -0.05) is 24.3 Å². The number of methoxy groups -OCH3 is 1. The Morgan fingerprint density at radius 1 is 1.07 bits per heavy atom. The number of nitro benzene ring substituents is 1. The number of para-hydroxylation sites is 1. The van der Waals surface area contributed by atoms with Crippen LogP contribution in [0.4, 0.5) is 11.4 Å². The Kier molecular flexibility index (Phi) is 6.42. The lowest BCUT2D eigenvalue weighted by molar-refractivity contribution is -0.385. The zero-order valence-corrected chi connectivity index (χ0v) is 16.2. The summed E-state index contributed by atoms with van der Waals surface area (Å²) < 4.78 is 11.2. The van der Waals surface area contributed by atoms with E-state index in [1.54, 1.807) is 31.5 Å². The zero-order chi connectivity index (χ0) is 20.6. The number of ether oxygens (including phenoxy) is 2. The Hall–Kier alpha value is -3.87. The topological polar surface area (TPSA) is 86.0 Å². The molecule has 0 saturated carbocycles.